The number of esters is 1. The lowest BCUT2D eigenvalue weighted by Gasteiger charge is -2.31. The number of carbonyl (C=O) groups excluding carboxylic acids is 3. The second kappa shape index (κ2) is 11.9. The fourth-order valence-electron chi connectivity index (χ4n) is 3.49. The normalized spacial score (nSPS) is 13.8. The summed E-state index contributed by atoms with van der Waals surface area (Å²) < 4.78 is 85.4. The van der Waals surface area contributed by atoms with E-state index in [0.29, 0.717) is 24.4 Å². The maximum Gasteiger partial charge on any atom is 0.416 e. The molecule has 15 heteroatoms. The molecule has 39 heavy (non-hydrogen) atoms. The molecule has 216 valence electrons. The first-order chi connectivity index (χ1) is 17.8. The highest BCUT2D eigenvalue weighted by Gasteiger charge is 2.38. The first-order valence-electron chi connectivity index (χ1n) is 11.6. The average Bonchev–Trinajstić information content (AvgIpc) is 3.27. The summed E-state index contributed by atoms with van der Waals surface area (Å²) in [7, 11) is 1.11. The number of alkyl halides is 6. The van der Waals surface area contributed by atoms with Crippen molar-refractivity contribution in [3.05, 3.63) is 47.5 Å². The van der Waals surface area contributed by atoms with Crippen molar-refractivity contribution >= 4 is 23.6 Å². The van der Waals surface area contributed by atoms with Gasteiger partial charge in [0.25, 0.3) is 0 Å². The first kappa shape index (κ1) is 31.4. The Morgan fingerprint density at radius 3 is 1.97 bits per heavy atom. The van der Waals surface area contributed by atoms with Gasteiger partial charge < -0.3 is 25.3 Å². The van der Waals surface area contributed by atoms with Crippen molar-refractivity contribution in [1.82, 2.24) is 20.2 Å². The minimum absolute atomic E-state index is 0.0427. The van der Waals surface area contributed by atoms with E-state index in [-0.39, 0.29) is 12.5 Å². The summed E-state index contributed by atoms with van der Waals surface area (Å²) in [5.74, 6) is -1.64. The van der Waals surface area contributed by atoms with Gasteiger partial charge in [0.1, 0.15) is 12.1 Å². The van der Waals surface area contributed by atoms with Crippen LogP contribution < -0.4 is 16.0 Å². The second-order valence-corrected chi connectivity index (χ2v) is 9.68. The Morgan fingerprint density at radius 1 is 0.974 bits per heavy atom. The van der Waals surface area contributed by atoms with Gasteiger partial charge in [-0.3, -0.25) is 4.79 Å². The number of urea groups is 1. The van der Waals surface area contributed by atoms with Crippen molar-refractivity contribution in [3.63, 3.8) is 0 Å². The van der Waals surface area contributed by atoms with Crippen LogP contribution in [0.15, 0.2) is 30.7 Å². The average molecular weight is 566 g/mol. The Morgan fingerprint density at radius 2 is 1.54 bits per heavy atom. The molecule has 0 saturated carbocycles. The number of hydrogen-bond donors (Lipinski definition) is 3. The first-order valence-corrected chi connectivity index (χ1v) is 11.6. The van der Waals surface area contributed by atoms with Crippen LogP contribution in [0.4, 0.5) is 36.8 Å². The minimum atomic E-state index is -5.11. The second-order valence-electron chi connectivity index (χ2n) is 9.68. The number of ether oxygens (including phenoxy) is 1. The van der Waals surface area contributed by atoms with E-state index in [1.54, 1.807) is 31.5 Å². The van der Waals surface area contributed by atoms with Gasteiger partial charge in [0.05, 0.1) is 30.3 Å². The molecule has 0 unspecified atom stereocenters. The van der Waals surface area contributed by atoms with Crippen LogP contribution in [0, 0.1) is 5.41 Å². The van der Waals surface area contributed by atoms with Gasteiger partial charge in [-0.15, -0.1) is 0 Å². The summed E-state index contributed by atoms with van der Waals surface area (Å²) in [5, 5.41) is 6.67. The smallest absolute Gasteiger partial charge is 0.416 e. The van der Waals surface area contributed by atoms with Crippen molar-refractivity contribution in [2.45, 2.75) is 65.1 Å². The van der Waals surface area contributed by atoms with Gasteiger partial charge in [-0.25, -0.2) is 14.6 Å². The van der Waals surface area contributed by atoms with Crippen LogP contribution in [0.1, 0.15) is 44.5 Å². The number of hydrogen-bond acceptors (Lipinski definition) is 5. The van der Waals surface area contributed by atoms with Crippen LogP contribution in [0.25, 0.3) is 0 Å². The molecule has 0 saturated heterocycles. The number of aromatic nitrogens is 2. The van der Waals surface area contributed by atoms with Crippen LogP contribution in [-0.2, 0) is 39.6 Å². The van der Waals surface area contributed by atoms with Crippen LogP contribution >= 0.6 is 0 Å². The summed E-state index contributed by atoms with van der Waals surface area (Å²) in [6, 6.07) is -3.21. The number of amides is 3. The lowest BCUT2D eigenvalue weighted by molar-refractivity contribution is -0.145. The SMILES string of the molecule is CCn1cnc(C[C@H](NC(=O)[C@@H](NC(=O)Nc2cc(C(F)(F)F)cc(C(F)(F)F)c2)C(C)(C)C)C(=O)OC)c1. The minimum Gasteiger partial charge on any atom is -0.467 e. The summed E-state index contributed by atoms with van der Waals surface area (Å²) in [6.07, 6.45) is -7.07. The predicted molar refractivity (Wildman–Crippen MR) is 127 cm³/mol. The maximum absolute atomic E-state index is 13.1. The van der Waals surface area contributed by atoms with Crippen LogP contribution in [0.3, 0.4) is 0 Å². The van der Waals surface area contributed by atoms with Crippen LogP contribution in [0.2, 0.25) is 0 Å². The zero-order valence-electron chi connectivity index (χ0n) is 21.8. The predicted octanol–water partition coefficient (Wildman–Crippen LogP) is 4.38. The van der Waals surface area contributed by atoms with Gasteiger partial charge in [-0.1, -0.05) is 20.8 Å². The number of nitrogens with one attached hydrogen (secondary N) is 3. The van der Waals surface area contributed by atoms with Crippen molar-refractivity contribution in [2.24, 2.45) is 5.41 Å². The van der Waals surface area contributed by atoms with Gasteiger partial charge >= 0.3 is 24.4 Å². The summed E-state index contributed by atoms with van der Waals surface area (Å²) >= 11 is 0. The number of aryl methyl sites for hydroxylation is 1. The summed E-state index contributed by atoms with van der Waals surface area (Å²) in [4.78, 5) is 42.3. The maximum atomic E-state index is 13.1. The van der Waals surface area contributed by atoms with Crippen molar-refractivity contribution in [2.75, 3.05) is 12.4 Å². The topological polar surface area (TPSA) is 114 Å². The highest BCUT2D eigenvalue weighted by molar-refractivity contribution is 5.95. The molecule has 1 heterocycles. The third-order valence-corrected chi connectivity index (χ3v) is 5.52. The number of halogens is 6. The molecule has 1 aromatic carbocycles. The van der Waals surface area contributed by atoms with Crippen LogP contribution in [0.5, 0.6) is 0 Å². The lowest BCUT2D eigenvalue weighted by Crippen LogP contribution is -2.57. The number of carbonyl (C=O) groups is 3. The fraction of sp³-hybridized carbons (Fsp3) is 0.500. The van der Waals surface area contributed by atoms with Gasteiger partial charge in [0.2, 0.25) is 5.91 Å². The number of methoxy groups -OCH3 is 1. The third kappa shape index (κ3) is 8.89. The highest BCUT2D eigenvalue weighted by Crippen LogP contribution is 2.37. The molecule has 0 fully saturated rings. The molecule has 2 rings (SSSR count). The number of nitrogens with zero attached hydrogens (tertiary/aromatic N) is 2. The quantitative estimate of drug-likeness (QED) is 0.325. The molecule has 2 aromatic rings. The molecular formula is C24H29F6N5O4. The molecule has 0 bridgehead atoms. The molecule has 2 atom stereocenters. The number of benzene rings is 1. The van der Waals surface area contributed by atoms with Gasteiger partial charge in [-0.2, -0.15) is 26.3 Å². The fourth-order valence-corrected chi connectivity index (χ4v) is 3.49. The van der Waals surface area contributed by atoms with Crippen molar-refractivity contribution in [3.8, 4) is 0 Å². The molecule has 0 aliphatic heterocycles. The van der Waals surface area contributed by atoms with E-state index in [0.717, 1.165) is 7.11 Å². The largest absolute Gasteiger partial charge is 0.467 e. The molecule has 9 nitrogen and oxygen atoms in total. The molecular weight excluding hydrogens is 536 g/mol. The molecule has 0 aliphatic rings. The van der Waals surface area contributed by atoms with Crippen LogP contribution in [-0.4, -0.2) is 46.7 Å². The number of anilines is 1. The van der Waals surface area contributed by atoms with E-state index in [1.165, 1.54) is 6.33 Å². The molecule has 3 amide bonds. The zero-order chi connectivity index (χ0) is 29.8. The Balaban J connectivity index is 2.26. The van der Waals surface area contributed by atoms with Gasteiger partial charge in [0, 0.05) is 24.8 Å². The number of rotatable bonds is 8. The molecule has 0 aliphatic carbocycles. The molecule has 0 radical (unpaired) electrons. The van der Waals surface area contributed by atoms with Gasteiger partial charge in [-0.05, 0) is 30.5 Å². The Bertz CT molecular complexity index is 1150. The van der Waals surface area contributed by atoms with Gasteiger partial charge in [0.15, 0.2) is 0 Å². The van der Waals surface area contributed by atoms with Crippen molar-refractivity contribution < 1.29 is 45.5 Å². The van der Waals surface area contributed by atoms with Crippen molar-refractivity contribution in [1.29, 1.82) is 0 Å². The van der Waals surface area contributed by atoms with E-state index in [2.05, 4.69) is 15.6 Å². The lowest BCUT2D eigenvalue weighted by atomic mass is 9.86. The van der Waals surface area contributed by atoms with E-state index < -0.39 is 64.6 Å². The third-order valence-electron chi connectivity index (χ3n) is 5.52. The Kier molecular flexibility index (Phi) is 9.63. The highest BCUT2D eigenvalue weighted by atomic mass is 19.4. The van der Waals surface area contributed by atoms with E-state index >= 15 is 0 Å². The standard InChI is InChI=1S/C24H29F6N5O4/c1-6-35-11-16(31-12-35)10-17(20(37)39-5)33-19(36)18(22(2,3)4)34-21(38)32-15-8-13(23(25,26)27)7-14(9-15)24(28,29)30/h7-9,11-12,17-18H,6,10H2,1-5H3,(H,33,36)(H2,32,34,38)/t17-,18+/m0/s1. The monoisotopic (exact) mass is 565 g/mol. The Labute approximate surface area is 220 Å². The number of imidazole rings is 1. The van der Waals surface area contributed by atoms with E-state index in [1.807, 2.05) is 12.2 Å². The Hall–Kier alpha value is -3.78. The summed E-state index contributed by atoms with van der Waals surface area (Å²) in [5.41, 5.74) is -4.57. The molecule has 1 aromatic heterocycles. The zero-order valence-corrected chi connectivity index (χ0v) is 21.8. The molecule has 3 N–H and O–H groups in total. The van der Waals surface area contributed by atoms with E-state index in [9.17, 15) is 40.7 Å². The summed E-state index contributed by atoms with van der Waals surface area (Å²) in [6.45, 7) is 7.15. The molecule has 0 spiro atoms. The van der Waals surface area contributed by atoms with E-state index in [4.69, 9.17) is 4.74 Å².